The minimum atomic E-state index is 0.126. The van der Waals surface area contributed by atoms with Crippen LogP contribution in [0.4, 0.5) is 11.5 Å². The second-order valence-corrected chi connectivity index (χ2v) is 5.90. The van der Waals surface area contributed by atoms with Crippen molar-refractivity contribution in [3.05, 3.63) is 72.8 Å². The highest BCUT2D eigenvalue weighted by Gasteiger charge is 2.09. The summed E-state index contributed by atoms with van der Waals surface area (Å²) in [5.41, 5.74) is 9.55. The molecule has 6 heteroatoms. The van der Waals surface area contributed by atoms with Gasteiger partial charge in [0.15, 0.2) is 5.82 Å². The Hall–Kier alpha value is -3.41. The molecule has 0 saturated carbocycles. The fourth-order valence-corrected chi connectivity index (χ4v) is 2.80. The molecule has 2 aromatic carbocycles. The number of hydrogen-bond acceptors (Lipinski definition) is 5. The smallest absolute Gasteiger partial charge is 0.159 e. The Morgan fingerprint density at radius 3 is 2.76 bits per heavy atom. The number of anilines is 2. The van der Waals surface area contributed by atoms with Crippen molar-refractivity contribution in [2.24, 2.45) is 0 Å². The zero-order valence-electron chi connectivity index (χ0n) is 13.8. The van der Waals surface area contributed by atoms with Crippen molar-refractivity contribution in [1.29, 1.82) is 0 Å². The normalized spacial score (nSPS) is 12.2. The number of aromatic nitrogens is 4. The molecule has 0 radical (unpaired) electrons. The molecule has 0 saturated heterocycles. The van der Waals surface area contributed by atoms with E-state index in [0.717, 1.165) is 11.0 Å². The highest BCUT2D eigenvalue weighted by Crippen LogP contribution is 2.21. The summed E-state index contributed by atoms with van der Waals surface area (Å²) in [7, 11) is 0. The third-order valence-electron chi connectivity index (χ3n) is 4.10. The standard InChI is InChI=1S/C19H18N6/c1-13(14-5-3-2-4-6-14)23-18-10-21-11-19(24-18)25-12-22-16-8-7-15(20)9-17(16)25/h2-13H,20H2,1H3,(H,23,24). The van der Waals surface area contributed by atoms with Crippen molar-refractivity contribution in [1.82, 2.24) is 19.5 Å². The highest BCUT2D eigenvalue weighted by atomic mass is 15.2. The largest absolute Gasteiger partial charge is 0.399 e. The van der Waals surface area contributed by atoms with Crippen LogP contribution in [0.1, 0.15) is 18.5 Å². The van der Waals surface area contributed by atoms with Gasteiger partial charge in [-0.1, -0.05) is 30.3 Å². The molecule has 0 fully saturated rings. The molecule has 124 valence electrons. The molecule has 2 heterocycles. The average Bonchev–Trinajstić information content (AvgIpc) is 3.05. The van der Waals surface area contributed by atoms with E-state index in [9.17, 15) is 0 Å². The summed E-state index contributed by atoms with van der Waals surface area (Å²) in [6.07, 6.45) is 5.16. The van der Waals surface area contributed by atoms with Gasteiger partial charge < -0.3 is 11.1 Å². The summed E-state index contributed by atoms with van der Waals surface area (Å²) in [4.78, 5) is 13.4. The van der Waals surface area contributed by atoms with Crippen LogP contribution in [-0.2, 0) is 0 Å². The Kier molecular flexibility index (Phi) is 3.78. The lowest BCUT2D eigenvalue weighted by atomic mass is 10.1. The Morgan fingerprint density at radius 1 is 1.08 bits per heavy atom. The van der Waals surface area contributed by atoms with Gasteiger partial charge in [-0.25, -0.2) is 9.97 Å². The second kappa shape index (κ2) is 6.24. The molecule has 1 atom stereocenters. The summed E-state index contributed by atoms with van der Waals surface area (Å²) in [5.74, 6) is 1.40. The fourth-order valence-electron chi connectivity index (χ4n) is 2.80. The van der Waals surface area contributed by atoms with Crippen LogP contribution in [0.5, 0.6) is 0 Å². The molecule has 0 aliphatic heterocycles. The van der Waals surface area contributed by atoms with Crippen LogP contribution in [0, 0.1) is 0 Å². The van der Waals surface area contributed by atoms with Gasteiger partial charge in [0.05, 0.1) is 23.4 Å². The lowest BCUT2D eigenvalue weighted by molar-refractivity contribution is 0.865. The maximum Gasteiger partial charge on any atom is 0.159 e. The molecule has 0 aliphatic rings. The number of nitrogen functional groups attached to an aromatic ring is 1. The van der Waals surface area contributed by atoms with Crippen molar-refractivity contribution < 1.29 is 0 Å². The molecule has 0 aliphatic carbocycles. The van der Waals surface area contributed by atoms with E-state index in [1.165, 1.54) is 5.56 Å². The van der Waals surface area contributed by atoms with E-state index in [1.54, 1.807) is 18.7 Å². The van der Waals surface area contributed by atoms with Gasteiger partial charge in [-0.3, -0.25) is 9.55 Å². The number of hydrogen-bond donors (Lipinski definition) is 2. The van der Waals surface area contributed by atoms with Crippen LogP contribution in [0.15, 0.2) is 67.3 Å². The number of fused-ring (bicyclic) bond motifs is 1. The van der Waals surface area contributed by atoms with Crippen LogP contribution < -0.4 is 11.1 Å². The first kappa shape index (κ1) is 15.1. The SMILES string of the molecule is CC(Nc1cncc(-n2cnc3ccc(N)cc32)n1)c1ccccc1. The Balaban J connectivity index is 1.66. The van der Waals surface area contributed by atoms with Gasteiger partial charge in [-0.2, -0.15) is 0 Å². The Bertz CT molecular complexity index is 1010. The van der Waals surface area contributed by atoms with Gasteiger partial charge in [0.2, 0.25) is 0 Å². The fraction of sp³-hybridized carbons (Fsp3) is 0.105. The summed E-state index contributed by atoms with van der Waals surface area (Å²) in [5, 5.41) is 3.39. The minimum Gasteiger partial charge on any atom is -0.399 e. The van der Waals surface area contributed by atoms with E-state index in [-0.39, 0.29) is 6.04 Å². The highest BCUT2D eigenvalue weighted by molar-refractivity contribution is 5.80. The predicted octanol–water partition coefficient (Wildman–Crippen LogP) is 3.57. The van der Waals surface area contributed by atoms with Gasteiger partial charge >= 0.3 is 0 Å². The molecule has 0 amide bonds. The zero-order chi connectivity index (χ0) is 17.2. The van der Waals surface area contributed by atoms with E-state index < -0.39 is 0 Å². The quantitative estimate of drug-likeness (QED) is 0.559. The zero-order valence-corrected chi connectivity index (χ0v) is 13.8. The van der Waals surface area contributed by atoms with Crippen LogP contribution in [0.2, 0.25) is 0 Å². The molecular weight excluding hydrogens is 312 g/mol. The van der Waals surface area contributed by atoms with Crippen molar-refractivity contribution in [3.63, 3.8) is 0 Å². The minimum absolute atomic E-state index is 0.126. The number of imidazole rings is 1. The molecule has 3 N–H and O–H groups in total. The van der Waals surface area contributed by atoms with Gasteiger partial charge in [0, 0.05) is 11.7 Å². The Labute approximate surface area is 145 Å². The average molecular weight is 330 g/mol. The lowest BCUT2D eigenvalue weighted by Gasteiger charge is -2.15. The molecule has 6 nitrogen and oxygen atoms in total. The molecule has 0 spiro atoms. The van der Waals surface area contributed by atoms with Crippen molar-refractivity contribution >= 4 is 22.5 Å². The summed E-state index contributed by atoms with van der Waals surface area (Å²) < 4.78 is 1.89. The predicted molar refractivity (Wildman–Crippen MR) is 99.6 cm³/mol. The third kappa shape index (κ3) is 3.01. The van der Waals surface area contributed by atoms with Crippen LogP contribution in [0.3, 0.4) is 0 Å². The van der Waals surface area contributed by atoms with E-state index >= 15 is 0 Å². The molecule has 4 aromatic rings. The molecule has 2 aromatic heterocycles. The number of nitrogens with two attached hydrogens (primary N) is 1. The molecule has 0 bridgehead atoms. The van der Waals surface area contributed by atoms with Gasteiger partial charge in [0.25, 0.3) is 0 Å². The summed E-state index contributed by atoms with van der Waals surface area (Å²) >= 11 is 0. The summed E-state index contributed by atoms with van der Waals surface area (Å²) in [6, 6.07) is 16.0. The summed E-state index contributed by atoms with van der Waals surface area (Å²) in [6.45, 7) is 2.09. The van der Waals surface area contributed by atoms with Crippen LogP contribution in [0.25, 0.3) is 16.9 Å². The number of benzene rings is 2. The maximum atomic E-state index is 5.90. The van der Waals surface area contributed by atoms with Crippen molar-refractivity contribution in [2.75, 3.05) is 11.1 Å². The lowest BCUT2D eigenvalue weighted by Crippen LogP contribution is -2.09. The van der Waals surface area contributed by atoms with E-state index in [4.69, 9.17) is 5.73 Å². The van der Waals surface area contributed by atoms with Crippen LogP contribution in [-0.4, -0.2) is 19.5 Å². The van der Waals surface area contributed by atoms with Gasteiger partial charge in [-0.05, 0) is 30.7 Å². The second-order valence-electron chi connectivity index (χ2n) is 5.90. The third-order valence-corrected chi connectivity index (χ3v) is 4.10. The van der Waals surface area contributed by atoms with E-state index in [2.05, 4.69) is 39.3 Å². The van der Waals surface area contributed by atoms with Crippen molar-refractivity contribution in [2.45, 2.75) is 13.0 Å². The van der Waals surface area contributed by atoms with Crippen molar-refractivity contribution in [3.8, 4) is 5.82 Å². The van der Waals surface area contributed by atoms with Gasteiger partial charge in [-0.15, -0.1) is 0 Å². The molecule has 1 unspecified atom stereocenters. The number of nitrogens with one attached hydrogen (secondary N) is 1. The number of rotatable bonds is 4. The number of nitrogens with zero attached hydrogens (tertiary/aromatic N) is 4. The first-order valence-corrected chi connectivity index (χ1v) is 8.07. The molecule has 4 rings (SSSR count). The van der Waals surface area contributed by atoms with Gasteiger partial charge in [0.1, 0.15) is 12.1 Å². The van der Waals surface area contributed by atoms with E-state index in [0.29, 0.717) is 17.3 Å². The maximum absolute atomic E-state index is 5.90. The first-order valence-electron chi connectivity index (χ1n) is 8.07. The Morgan fingerprint density at radius 2 is 1.92 bits per heavy atom. The van der Waals surface area contributed by atoms with E-state index in [1.807, 2.05) is 41.0 Å². The molecule has 25 heavy (non-hydrogen) atoms. The topological polar surface area (TPSA) is 81.7 Å². The monoisotopic (exact) mass is 330 g/mol. The van der Waals surface area contributed by atoms with Crippen LogP contribution >= 0.6 is 0 Å². The molecular formula is C19H18N6. The first-order chi connectivity index (χ1) is 12.2.